The summed E-state index contributed by atoms with van der Waals surface area (Å²) >= 11 is 5.93. The number of piperidine rings is 1. The van der Waals surface area contributed by atoms with Gasteiger partial charge in [-0.2, -0.15) is 4.98 Å². The summed E-state index contributed by atoms with van der Waals surface area (Å²) in [6.07, 6.45) is 3.08. The number of benzene rings is 2. The number of aromatic nitrogens is 3. The van der Waals surface area contributed by atoms with Crippen molar-refractivity contribution in [3.8, 4) is 11.3 Å². The quantitative estimate of drug-likeness (QED) is 0.463. The van der Waals surface area contributed by atoms with Crippen LogP contribution >= 0.6 is 11.6 Å². The van der Waals surface area contributed by atoms with Gasteiger partial charge in [-0.25, -0.2) is 9.37 Å². The molecule has 0 aliphatic carbocycles. The molecular weight excluding hydrogens is 445 g/mol. The number of rotatable bonds is 5. The minimum atomic E-state index is -0.327. The Kier molecular flexibility index (Phi) is 5.92. The molecule has 0 saturated carbocycles. The van der Waals surface area contributed by atoms with Crippen LogP contribution in [0.15, 0.2) is 59.4 Å². The Morgan fingerprint density at radius 3 is 2.73 bits per heavy atom. The molecule has 1 fully saturated rings. The van der Waals surface area contributed by atoms with E-state index >= 15 is 0 Å². The fourth-order valence-corrected chi connectivity index (χ4v) is 4.26. The summed E-state index contributed by atoms with van der Waals surface area (Å²) in [6.45, 7) is 1.72. The zero-order valence-electron chi connectivity index (χ0n) is 17.7. The molecule has 5 rings (SSSR count). The minimum Gasteiger partial charge on any atom is -0.355 e. The van der Waals surface area contributed by atoms with Crippen molar-refractivity contribution in [2.75, 3.05) is 18.0 Å². The molecule has 4 aromatic rings. The van der Waals surface area contributed by atoms with Crippen molar-refractivity contribution >= 4 is 34.4 Å². The number of hydrogen-bond donors (Lipinski definition) is 1. The third kappa shape index (κ3) is 4.52. The normalized spacial score (nSPS) is 16.2. The van der Waals surface area contributed by atoms with Crippen molar-refractivity contribution in [2.45, 2.75) is 19.4 Å². The van der Waals surface area contributed by atoms with Crippen LogP contribution in [0.1, 0.15) is 18.4 Å². The van der Waals surface area contributed by atoms with Crippen molar-refractivity contribution in [1.82, 2.24) is 20.4 Å². The molecule has 1 aliphatic rings. The van der Waals surface area contributed by atoms with Gasteiger partial charge in [0.25, 0.3) is 5.71 Å². The molecule has 1 atom stereocenters. The number of nitrogens with zero attached hydrogens (tertiary/aromatic N) is 4. The van der Waals surface area contributed by atoms with Gasteiger partial charge in [0.05, 0.1) is 5.92 Å². The molecule has 2 aromatic heterocycles. The summed E-state index contributed by atoms with van der Waals surface area (Å²) in [5.41, 5.74) is 2.61. The highest BCUT2D eigenvalue weighted by Gasteiger charge is 2.29. The Balaban J connectivity index is 1.36. The van der Waals surface area contributed by atoms with Gasteiger partial charge in [-0.1, -0.05) is 28.9 Å². The lowest BCUT2D eigenvalue weighted by molar-refractivity contribution is -0.125. The zero-order chi connectivity index (χ0) is 22.8. The zero-order valence-corrected chi connectivity index (χ0v) is 18.4. The van der Waals surface area contributed by atoms with Crippen LogP contribution in [0.3, 0.4) is 0 Å². The van der Waals surface area contributed by atoms with Gasteiger partial charge in [-0.05, 0) is 54.8 Å². The summed E-state index contributed by atoms with van der Waals surface area (Å²) in [6, 6.07) is 13.5. The van der Waals surface area contributed by atoms with E-state index in [-0.39, 0.29) is 17.6 Å². The lowest BCUT2D eigenvalue weighted by atomic mass is 9.96. The third-order valence-electron chi connectivity index (χ3n) is 5.84. The molecule has 9 heteroatoms. The van der Waals surface area contributed by atoms with E-state index in [1.165, 1.54) is 18.5 Å². The van der Waals surface area contributed by atoms with Gasteiger partial charge >= 0.3 is 0 Å². The molecule has 0 spiro atoms. The van der Waals surface area contributed by atoms with Crippen LogP contribution in [-0.2, 0) is 11.3 Å². The van der Waals surface area contributed by atoms with Crippen LogP contribution in [-0.4, -0.2) is 34.1 Å². The molecule has 2 aromatic carbocycles. The molecular formula is C24H21ClFN5O2. The van der Waals surface area contributed by atoms with Crippen molar-refractivity contribution in [3.05, 3.63) is 71.3 Å². The highest BCUT2D eigenvalue weighted by Crippen LogP contribution is 2.34. The second-order valence-corrected chi connectivity index (χ2v) is 8.48. The third-order valence-corrected chi connectivity index (χ3v) is 6.09. The smallest absolute Gasteiger partial charge is 0.263 e. The first-order chi connectivity index (χ1) is 16.1. The van der Waals surface area contributed by atoms with E-state index in [1.807, 2.05) is 24.3 Å². The molecule has 168 valence electrons. The summed E-state index contributed by atoms with van der Waals surface area (Å²) in [7, 11) is 0. The van der Waals surface area contributed by atoms with E-state index in [2.05, 4.69) is 25.3 Å². The lowest BCUT2D eigenvalue weighted by Crippen LogP contribution is -2.43. The summed E-state index contributed by atoms with van der Waals surface area (Å²) < 4.78 is 18.8. The number of carbonyl (C=O) groups excluding carboxylic acids is 1. The maximum atomic E-state index is 13.4. The van der Waals surface area contributed by atoms with Crippen LogP contribution in [0, 0.1) is 11.7 Å². The number of hydrogen-bond acceptors (Lipinski definition) is 6. The monoisotopic (exact) mass is 465 g/mol. The van der Waals surface area contributed by atoms with E-state index < -0.39 is 0 Å². The predicted octanol–water partition coefficient (Wildman–Crippen LogP) is 4.61. The Hall–Kier alpha value is -3.52. The highest BCUT2D eigenvalue weighted by molar-refractivity contribution is 6.30. The fraction of sp³-hybridized carbons (Fsp3) is 0.250. The van der Waals surface area contributed by atoms with Crippen LogP contribution in [0.5, 0.6) is 0 Å². The Morgan fingerprint density at radius 2 is 1.94 bits per heavy atom. The number of fused-ring (bicyclic) bond motifs is 1. The predicted molar refractivity (Wildman–Crippen MR) is 123 cm³/mol. The topological polar surface area (TPSA) is 84.2 Å². The van der Waals surface area contributed by atoms with E-state index in [1.54, 1.807) is 12.1 Å². The van der Waals surface area contributed by atoms with Crippen molar-refractivity contribution in [2.24, 2.45) is 5.92 Å². The van der Waals surface area contributed by atoms with Gasteiger partial charge in [0, 0.05) is 30.2 Å². The Labute approximate surface area is 194 Å². The fourth-order valence-electron chi connectivity index (χ4n) is 4.14. The molecule has 33 heavy (non-hydrogen) atoms. The van der Waals surface area contributed by atoms with E-state index in [0.29, 0.717) is 46.3 Å². The van der Waals surface area contributed by atoms with Gasteiger partial charge in [-0.15, -0.1) is 0 Å². The number of anilines is 1. The van der Waals surface area contributed by atoms with E-state index in [4.69, 9.17) is 16.1 Å². The van der Waals surface area contributed by atoms with Gasteiger partial charge in [0.2, 0.25) is 5.91 Å². The molecule has 1 N–H and O–H groups in total. The second-order valence-electron chi connectivity index (χ2n) is 8.04. The standard InChI is InChI=1S/C24H21ClFN5O2/c25-18-7-3-15(4-8-18)12-27-23(32)17-2-1-11-31(13-17)22-20-21(16-5-9-19(26)10-6-16)30-33-24(20)29-14-28-22/h3-10,14,17H,1-2,11-13H2,(H,27,32). The van der Waals surface area contributed by atoms with Gasteiger partial charge in [0.1, 0.15) is 29.0 Å². The first-order valence-electron chi connectivity index (χ1n) is 10.7. The number of carbonyl (C=O) groups is 1. The Bertz CT molecular complexity index is 1280. The van der Waals surface area contributed by atoms with Gasteiger partial charge in [0.15, 0.2) is 0 Å². The molecule has 1 amide bonds. The molecule has 0 radical (unpaired) electrons. The summed E-state index contributed by atoms with van der Waals surface area (Å²) in [5.74, 6) is 0.163. The molecule has 1 unspecified atom stereocenters. The number of halogens is 2. The molecule has 3 heterocycles. The van der Waals surface area contributed by atoms with Crippen molar-refractivity contribution < 1.29 is 13.7 Å². The maximum Gasteiger partial charge on any atom is 0.263 e. The minimum absolute atomic E-state index is 0.00373. The average molecular weight is 466 g/mol. The second kappa shape index (κ2) is 9.15. The molecule has 0 bridgehead atoms. The largest absolute Gasteiger partial charge is 0.355 e. The molecule has 1 saturated heterocycles. The van der Waals surface area contributed by atoms with Crippen molar-refractivity contribution in [1.29, 1.82) is 0 Å². The average Bonchev–Trinajstić information content (AvgIpc) is 3.28. The lowest BCUT2D eigenvalue weighted by Gasteiger charge is -2.33. The van der Waals surface area contributed by atoms with Crippen LogP contribution < -0.4 is 10.2 Å². The van der Waals surface area contributed by atoms with Crippen molar-refractivity contribution in [3.63, 3.8) is 0 Å². The van der Waals surface area contributed by atoms with Gasteiger partial charge in [-0.3, -0.25) is 4.79 Å². The highest BCUT2D eigenvalue weighted by atomic mass is 35.5. The van der Waals surface area contributed by atoms with Crippen LogP contribution in [0.4, 0.5) is 10.2 Å². The number of amides is 1. The summed E-state index contributed by atoms with van der Waals surface area (Å²) in [5, 5.41) is 8.51. The van der Waals surface area contributed by atoms with E-state index in [9.17, 15) is 9.18 Å². The summed E-state index contributed by atoms with van der Waals surface area (Å²) in [4.78, 5) is 23.7. The first-order valence-corrected chi connectivity index (χ1v) is 11.1. The van der Waals surface area contributed by atoms with Crippen LogP contribution in [0.25, 0.3) is 22.4 Å². The number of nitrogens with one attached hydrogen (secondary N) is 1. The molecule has 1 aliphatic heterocycles. The first kappa shape index (κ1) is 21.3. The Morgan fingerprint density at radius 1 is 1.15 bits per heavy atom. The van der Waals surface area contributed by atoms with Gasteiger partial charge < -0.3 is 14.7 Å². The van der Waals surface area contributed by atoms with E-state index in [0.717, 1.165) is 24.9 Å². The maximum absolute atomic E-state index is 13.4. The van der Waals surface area contributed by atoms with Crippen LogP contribution in [0.2, 0.25) is 5.02 Å². The molecule has 7 nitrogen and oxygen atoms in total. The SMILES string of the molecule is O=C(NCc1ccc(Cl)cc1)C1CCCN(c2ncnc3onc(-c4ccc(F)cc4)c23)C1.